The van der Waals surface area contributed by atoms with Crippen LogP contribution < -0.4 is 0 Å². The topological polar surface area (TPSA) is 57.5 Å². The van der Waals surface area contributed by atoms with Crippen LogP contribution in [0.25, 0.3) is 0 Å². The molecule has 0 aromatic heterocycles. The number of aliphatic carboxylic acids is 1. The number of carboxylic acids is 1. The molecule has 1 aromatic carbocycles. The van der Waals surface area contributed by atoms with Gasteiger partial charge >= 0.3 is 5.97 Å². The molecule has 0 bridgehead atoms. The van der Waals surface area contributed by atoms with Crippen LogP contribution in [0, 0.1) is 6.92 Å². The number of hydrogen-bond donors (Lipinski definition) is 2. The van der Waals surface area contributed by atoms with Gasteiger partial charge in [-0.1, -0.05) is 18.2 Å². The summed E-state index contributed by atoms with van der Waals surface area (Å²) >= 11 is 0. The van der Waals surface area contributed by atoms with Crippen LogP contribution in [0.5, 0.6) is 5.75 Å². The number of carboxylic acid groups (broad SMARTS) is 1. The molecular formula is C10H12O3. The van der Waals surface area contributed by atoms with Gasteiger partial charge < -0.3 is 10.2 Å². The first kappa shape index (κ1) is 9.58. The van der Waals surface area contributed by atoms with Gasteiger partial charge in [-0.2, -0.15) is 0 Å². The Labute approximate surface area is 76.6 Å². The van der Waals surface area contributed by atoms with Crippen LogP contribution in [-0.2, 0) is 4.79 Å². The van der Waals surface area contributed by atoms with E-state index >= 15 is 0 Å². The van der Waals surface area contributed by atoms with Crippen LogP contribution in [0.2, 0.25) is 0 Å². The van der Waals surface area contributed by atoms with E-state index in [0.717, 1.165) is 0 Å². The minimum Gasteiger partial charge on any atom is -0.507 e. The molecule has 0 aliphatic heterocycles. The maximum Gasteiger partial charge on any atom is 0.310 e. The van der Waals surface area contributed by atoms with Gasteiger partial charge in [0.15, 0.2) is 0 Å². The van der Waals surface area contributed by atoms with E-state index in [0.29, 0.717) is 11.1 Å². The Balaban J connectivity index is 3.15. The normalized spacial score (nSPS) is 12.5. The highest BCUT2D eigenvalue weighted by Crippen LogP contribution is 2.28. The molecule has 0 amide bonds. The Morgan fingerprint density at radius 2 is 2.08 bits per heavy atom. The average Bonchev–Trinajstić information content (AvgIpc) is 2.08. The first-order valence-electron chi connectivity index (χ1n) is 4.05. The molecule has 1 aromatic rings. The predicted octanol–water partition coefficient (Wildman–Crippen LogP) is 1.89. The van der Waals surface area contributed by atoms with Crippen molar-refractivity contribution in [1.29, 1.82) is 0 Å². The molecule has 3 nitrogen and oxygen atoms in total. The molecule has 2 N–H and O–H groups in total. The van der Waals surface area contributed by atoms with E-state index in [-0.39, 0.29) is 5.75 Å². The molecule has 0 heterocycles. The van der Waals surface area contributed by atoms with Crippen molar-refractivity contribution in [3.05, 3.63) is 29.3 Å². The molecule has 13 heavy (non-hydrogen) atoms. The third kappa shape index (κ3) is 1.80. The quantitative estimate of drug-likeness (QED) is 0.730. The zero-order valence-corrected chi connectivity index (χ0v) is 7.61. The number of phenolic OH excluding ortho intramolecular Hbond substituents is 1. The molecule has 0 spiro atoms. The lowest BCUT2D eigenvalue weighted by molar-refractivity contribution is -0.138. The number of rotatable bonds is 2. The van der Waals surface area contributed by atoms with Crippen molar-refractivity contribution < 1.29 is 15.0 Å². The second-order valence-corrected chi connectivity index (χ2v) is 3.07. The molecule has 0 saturated heterocycles. The third-order valence-corrected chi connectivity index (χ3v) is 2.11. The second-order valence-electron chi connectivity index (χ2n) is 3.07. The SMILES string of the molecule is Cc1cccc([C@@H](C)C(=O)O)c1O. The number of para-hydroxylation sites is 1. The number of hydrogen-bond acceptors (Lipinski definition) is 2. The molecule has 0 unspecified atom stereocenters. The summed E-state index contributed by atoms with van der Waals surface area (Å²) in [6, 6.07) is 5.11. The fourth-order valence-corrected chi connectivity index (χ4v) is 1.16. The van der Waals surface area contributed by atoms with Gasteiger partial charge in [0.25, 0.3) is 0 Å². The number of phenols is 1. The van der Waals surface area contributed by atoms with Gasteiger partial charge in [0.1, 0.15) is 5.75 Å². The van der Waals surface area contributed by atoms with Crippen molar-refractivity contribution in [1.82, 2.24) is 0 Å². The molecular weight excluding hydrogens is 168 g/mol. The minimum absolute atomic E-state index is 0.0809. The van der Waals surface area contributed by atoms with E-state index in [2.05, 4.69) is 0 Å². The van der Waals surface area contributed by atoms with E-state index in [4.69, 9.17) is 5.11 Å². The monoisotopic (exact) mass is 180 g/mol. The van der Waals surface area contributed by atoms with Crippen molar-refractivity contribution in [2.45, 2.75) is 19.8 Å². The van der Waals surface area contributed by atoms with Crippen molar-refractivity contribution in [3.63, 3.8) is 0 Å². The standard InChI is InChI=1S/C10H12O3/c1-6-4-3-5-8(9(6)11)7(2)10(12)13/h3-5,7,11H,1-2H3,(H,12,13)/t7-/m1/s1. The van der Waals surface area contributed by atoms with E-state index in [1.54, 1.807) is 32.0 Å². The molecule has 1 atom stereocenters. The highest BCUT2D eigenvalue weighted by Gasteiger charge is 2.17. The second kappa shape index (κ2) is 3.47. The Morgan fingerprint density at radius 1 is 1.46 bits per heavy atom. The Bertz CT molecular complexity index is 331. The van der Waals surface area contributed by atoms with Crippen LogP contribution >= 0.6 is 0 Å². The summed E-state index contributed by atoms with van der Waals surface area (Å²) in [5, 5.41) is 18.3. The predicted molar refractivity (Wildman–Crippen MR) is 48.9 cm³/mol. The number of aryl methyl sites for hydroxylation is 1. The van der Waals surface area contributed by atoms with Gasteiger partial charge in [-0.25, -0.2) is 0 Å². The van der Waals surface area contributed by atoms with Crippen molar-refractivity contribution in [2.75, 3.05) is 0 Å². The highest BCUT2D eigenvalue weighted by atomic mass is 16.4. The first-order valence-corrected chi connectivity index (χ1v) is 4.05. The van der Waals surface area contributed by atoms with Gasteiger partial charge in [-0.15, -0.1) is 0 Å². The van der Waals surface area contributed by atoms with Crippen LogP contribution in [-0.4, -0.2) is 16.2 Å². The van der Waals surface area contributed by atoms with E-state index in [9.17, 15) is 9.90 Å². The largest absolute Gasteiger partial charge is 0.507 e. The summed E-state index contributed by atoms with van der Waals surface area (Å²) < 4.78 is 0. The summed E-state index contributed by atoms with van der Waals surface area (Å²) in [5.74, 6) is -1.52. The van der Waals surface area contributed by atoms with Crippen LogP contribution in [0.4, 0.5) is 0 Å². The summed E-state index contributed by atoms with van der Waals surface area (Å²) in [6.07, 6.45) is 0. The van der Waals surface area contributed by atoms with E-state index in [1.807, 2.05) is 0 Å². The lowest BCUT2D eigenvalue weighted by Gasteiger charge is -2.10. The van der Waals surface area contributed by atoms with Crippen LogP contribution in [0.3, 0.4) is 0 Å². The zero-order valence-electron chi connectivity index (χ0n) is 7.61. The summed E-state index contributed by atoms with van der Waals surface area (Å²) in [4.78, 5) is 10.7. The fourth-order valence-electron chi connectivity index (χ4n) is 1.16. The summed E-state index contributed by atoms with van der Waals surface area (Å²) in [7, 11) is 0. The molecule has 0 radical (unpaired) electrons. The Hall–Kier alpha value is -1.51. The summed E-state index contributed by atoms with van der Waals surface area (Å²) in [6.45, 7) is 3.30. The maximum atomic E-state index is 10.7. The first-order chi connectivity index (χ1) is 6.04. The molecule has 0 aliphatic carbocycles. The van der Waals surface area contributed by atoms with Crippen molar-refractivity contribution in [3.8, 4) is 5.75 Å². The van der Waals surface area contributed by atoms with Gasteiger partial charge in [-0.05, 0) is 19.4 Å². The van der Waals surface area contributed by atoms with Gasteiger partial charge in [0, 0.05) is 5.56 Å². The highest BCUT2D eigenvalue weighted by molar-refractivity contribution is 5.76. The third-order valence-electron chi connectivity index (χ3n) is 2.11. The smallest absolute Gasteiger partial charge is 0.310 e. The average molecular weight is 180 g/mol. The van der Waals surface area contributed by atoms with Crippen molar-refractivity contribution >= 4 is 5.97 Å². The summed E-state index contributed by atoms with van der Waals surface area (Å²) in [5.41, 5.74) is 1.16. The molecule has 3 heteroatoms. The lowest BCUT2D eigenvalue weighted by Crippen LogP contribution is -2.07. The Morgan fingerprint density at radius 3 is 2.62 bits per heavy atom. The molecule has 70 valence electrons. The minimum atomic E-state index is -0.930. The Kier molecular flexibility index (Phi) is 2.56. The molecule has 1 rings (SSSR count). The lowest BCUT2D eigenvalue weighted by atomic mass is 9.98. The van der Waals surface area contributed by atoms with Crippen molar-refractivity contribution in [2.24, 2.45) is 0 Å². The molecule has 0 saturated carbocycles. The fraction of sp³-hybridized carbons (Fsp3) is 0.300. The van der Waals surface area contributed by atoms with Crippen LogP contribution in [0.1, 0.15) is 24.0 Å². The number of carbonyl (C=O) groups is 1. The maximum absolute atomic E-state index is 10.7. The van der Waals surface area contributed by atoms with E-state index in [1.165, 1.54) is 0 Å². The van der Waals surface area contributed by atoms with Gasteiger partial charge in [-0.3, -0.25) is 4.79 Å². The number of aromatic hydroxyl groups is 1. The van der Waals surface area contributed by atoms with Gasteiger partial charge in [0.05, 0.1) is 5.92 Å². The van der Waals surface area contributed by atoms with Crippen LogP contribution in [0.15, 0.2) is 18.2 Å². The zero-order chi connectivity index (χ0) is 10.0. The van der Waals surface area contributed by atoms with E-state index < -0.39 is 11.9 Å². The molecule has 0 aliphatic rings. The van der Waals surface area contributed by atoms with Gasteiger partial charge in [0.2, 0.25) is 0 Å². The number of benzene rings is 1. The molecule has 0 fully saturated rings.